The molecule has 0 aliphatic heterocycles. The fraction of sp³-hybridized carbons (Fsp3) is 0.444. The van der Waals surface area contributed by atoms with Crippen LogP contribution in [0.3, 0.4) is 0 Å². The minimum absolute atomic E-state index is 0.0115. The number of aliphatic hydroxyl groups is 1. The predicted molar refractivity (Wildman–Crippen MR) is 102 cm³/mol. The number of aliphatic hydroxyl groups excluding tert-OH is 1. The fourth-order valence-electron chi connectivity index (χ4n) is 2.29. The molecule has 11 heteroatoms. The van der Waals surface area contributed by atoms with Crippen molar-refractivity contribution >= 4 is 23.7 Å². The molecule has 0 saturated heterocycles. The van der Waals surface area contributed by atoms with Gasteiger partial charge in [0.25, 0.3) is 0 Å². The zero-order valence-electron chi connectivity index (χ0n) is 16.1. The molecule has 0 bridgehead atoms. The molecule has 0 heterocycles. The van der Waals surface area contributed by atoms with E-state index in [0.29, 0.717) is 5.56 Å². The maximum Gasteiger partial charge on any atom is 0.328 e. The van der Waals surface area contributed by atoms with Gasteiger partial charge in [-0.15, -0.1) is 0 Å². The predicted octanol–water partition coefficient (Wildman–Crippen LogP) is -2.17. The molecule has 1 rings (SSSR count). The van der Waals surface area contributed by atoms with E-state index < -0.39 is 54.5 Å². The lowest BCUT2D eigenvalue weighted by Crippen LogP contribution is -2.56. The van der Waals surface area contributed by atoms with Crippen molar-refractivity contribution in [1.29, 1.82) is 0 Å². The fourth-order valence-corrected chi connectivity index (χ4v) is 2.29. The normalized spacial score (nSPS) is 14.8. The Labute approximate surface area is 167 Å². The molecule has 0 aliphatic rings. The van der Waals surface area contributed by atoms with E-state index in [1.165, 1.54) is 38.1 Å². The summed E-state index contributed by atoms with van der Waals surface area (Å²) >= 11 is 0. The van der Waals surface area contributed by atoms with Crippen LogP contribution < -0.4 is 21.7 Å². The molecule has 4 unspecified atom stereocenters. The average molecular weight is 410 g/mol. The topological polar surface area (TPSA) is 191 Å². The van der Waals surface area contributed by atoms with Gasteiger partial charge in [-0.1, -0.05) is 12.1 Å². The quantitative estimate of drug-likeness (QED) is 0.227. The van der Waals surface area contributed by atoms with Crippen LogP contribution in [0.5, 0.6) is 5.75 Å². The molecular formula is C18H26N4O7. The number of hydrogen-bond acceptors (Lipinski definition) is 7. The van der Waals surface area contributed by atoms with E-state index in [9.17, 15) is 29.4 Å². The van der Waals surface area contributed by atoms with Crippen molar-refractivity contribution in [1.82, 2.24) is 16.0 Å². The molecule has 8 N–H and O–H groups in total. The van der Waals surface area contributed by atoms with E-state index in [0.717, 1.165) is 0 Å². The van der Waals surface area contributed by atoms with Gasteiger partial charge in [0.05, 0.1) is 18.7 Å². The van der Waals surface area contributed by atoms with Gasteiger partial charge in [0.2, 0.25) is 17.7 Å². The first-order valence-electron chi connectivity index (χ1n) is 8.83. The molecule has 0 aromatic heterocycles. The summed E-state index contributed by atoms with van der Waals surface area (Å²) in [4.78, 5) is 47.4. The number of carbonyl (C=O) groups excluding carboxylic acids is 3. The van der Waals surface area contributed by atoms with Crippen molar-refractivity contribution in [3.63, 3.8) is 0 Å². The van der Waals surface area contributed by atoms with Crippen molar-refractivity contribution in [2.75, 3.05) is 6.54 Å². The molecule has 0 spiro atoms. The van der Waals surface area contributed by atoms with Crippen LogP contribution in [0, 0.1) is 0 Å². The van der Waals surface area contributed by atoms with Gasteiger partial charge in [-0.05, 0) is 31.5 Å². The molecule has 29 heavy (non-hydrogen) atoms. The van der Waals surface area contributed by atoms with Gasteiger partial charge >= 0.3 is 5.97 Å². The van der Waals surface area contributed by atoms with E-state index in [-0.39, 0.29) is 12.2 Å². The SMILES string of the molecule is CC(N)C(=O)NCC(=O)NC(Cc1ccc(O)cc1)C(=O)NC(C(=O)O)C(C)O. The lowest BCUT2D eigenvalue weighted by atomic mass is 10.0. The van der Waals surface area contributed by atoms with E-state index >= 15 is 0 Å². The van der Waals surface area contributed by atoms with Gasteiger partial charge in [-0.25, -0.2) is 4.79 Å². The first kappa shape index (κ1) is 23.9. The monoisotopic (exact) mass is 410 g/mol. The second-order valence-electron chi connectivity index (χ2n) is 6.56. The van der Waals surface area contributed by atoms with Crippen LogP contribution in [0.1, 0.15) is 19.4 Å². The lowest BCUT2D eigenvalue weighted by Gasteiger charge is -2.23. The van der Waals surface area contributed by atoms with Gasteiger partial charge < -0.3 is 37.0 Å². The van der Waals surface area contributed by atoms with Crippen LogP contribution in [-0.2, 0) is 25.6 Å². The van der Waals surface area contributed by atoms with E-state index in [4.69, 9.17) is 10.8 Å². The van der Waals surface area contributed by atoms with Crippen molar-refractivity contribution in [3.05, 3.63) is 29.8 Å². The highest BCUT2D eigenvalue weighted by atomic mass is 16.4. The molecule has 4 atom stereocenters. The number of carboxylic acids is 1. The van der Waals surface area contributed by atoms with Crippen LogP contribution in [-0.4, -0.2) is 69.8 Å². The number of benzene rings is 1. The maximum atomic E-state index is 12.6. The van der Waals surface area contributed by atoms with E-state index in [1.54, 1.807) is 0 Å². The van der Waals surface area contributed by atoms with Gasteiger partial charge in [0, 0.05) is 6.42 Å². The van der Waals surface area contributed by atoms with Crippen molar-refractivity contribution in [2.24, 2.45) is 5.73 Å². The second kappa shape index (κ2) is 11.0. The number of carbonyl (C=O) groups is 4. The Morgan fingerprint density at radius 2 is 1.62 bits per heavy atom. The Balaban J connectivity index is 2.91. The average Bonchev–Trinajstić information content (AvgIpc) is 2.64. The van der Waals surface area contributed by atoms with Gasteiger partial charge in [-0.2, -0.15) is 0 Å². The summed E-state index contributed by atoms with van der Waals surface area (Å²) in [6, 6.07) is 2.27. The molecule has 1 aromatic rings. The smallest absolute Gasteiger partial charge is 0.328 e. The first-order valence-corrected chi connectivity index (χ1v) is 8.83. The Morgan fingerprint density at radius 1 is 1.03 bits per heavy atom. The van der Waals surface area contributed by atoms with Crippen LogP contribution in [0.15, 0.2) is 24.3 Å². The lowest BCUT2D eigenvalue weighted by molar-refractivity contribution is -0.145. The summed E-state index contributed by atoms with van der Waals surface area (Å²) in [6.07, 6.45) is -1.39. The number of phenols is 1. The third-order valence-electron chi connectivity index (χ3n) is 3.91. The molecule has 0 aliphatic carbocycles. The van der Waals surface area contributed by atoms with Crippen LogP contribution >= 0.6 is 0 Å². The van der Waals surface area contributed by atoms with Gasteiger partial charge in [0.15, 0.2) is 6.04 Å². The number of aromatic hydroxyl groups is 1. The highest BCUT2D eigenvalue weighted by Gasteiger charge is 2.29. The third-order valence-corrected chi connectivity index (χ3v) is 3.91. The van der Waals surface area contributed by atoms with Gasteiger partial charge in [-0.3, -0.25) is 14.4 Å². The summed E-state index contributed by atoms with van der Waals surface area (Å²) in [5.74, 6) is -3.51. The standard InChI is InChI=1S/C18H26N4O7/c1-9(19)16(26)20-8-14(25)21-13(7-11-3-5-12(24)6-4-11)17(27)22-15(10(2)23)18(28)29/h3-6,9-10,13,15,23-24H,7-8,19H2,1-2H3,(H,20,26)(H,21,25)(H,22,27)(H,28,29). The highest BCUT2D eigenvalue weighted by Crippen LogP contribution is 2.11. The highest BCUT2D eigenvalue weighted by molar-refractivity contribution is 5.92. The molecule has 160 valence electrons. The number of rotatable bonds is 10. The third kappa shape index (κ3) is 8.15. The summed E-state index contributed by atoms with van der Waals surface area (Å²) in [6.45, 7) is 2.21. The molecular weight excluding hydrogens is 384 g/mol. The largest absolute Gasteiger partial charge is 0.508 e. The number of phenolic OH excluding ortho intramolecular Hbond substituents is 1. The number of nitrogens with two attached hydrogens (primary N) is 1. The minimum Gasteiger partial charge on any atom is -0.508 e. The summed E-state index contributed by atoms with van der Waals surface area (Å²) in [5, 5.41) is 34.9. The molecule has 3 amide bonds. The zero-order chi connectivity index (χ0) is 22.1. The summed E-state index contributed by atoms with van der Waals surface area (Å²) in [7, 11) is 0. The maximum absolute atomic E-state index is 12.6. The minimum atomic E-state index is -1.57. The molecule has 0 radical (unpaired) electrons. The first-order chi connectivity index (χ1) is 13.5. The number of amides is 3. The Bertz CT molecular complexity index is 734. The second-order valence-corrected chi connectivity index (χ2v) is 6.56. The van der Waals surface area contributed by atoms with Crippen molar-refractivity contribution < 1.29 is 34.5 Å². The van der Waals surface area contributed by atoms with Crippen LogP contribution in [0.25, 0.3) is 0 Å². The summed E-state index contributed by atoms with van der Waals surface area (Å²) in [5.41, 5.74) is 5.97. The summed E-state index contributed by atoms with van der Waals surface area (Å²) < 4.78 is 0. The number of carboxylic acid groups (broad SMARTS) is 1. The van der Waals surface area contributed by atoms with E-state index in [2.05, 4.69) is 16.0 Å². The molecule has 0 saturated carbocycles. The molecule has 0 fully saturated rings. The Hall–Kier alpha value is -3.18. The van der Waals surface area contributed by atoms with Crippen LogP contribution in [0.2, 0.25) is 0 Å². The van der Waals surface area contributed by atoms with Crippen LogP contribution in [0.4, 0.5) is 0 Å². The number of aliphatic carboxylic acids is 1. The molecule has 11 nitrogen and oxygen atoms in total. The number of nitrogens with one attached hydrogen (secondary N) is 3. The van der Waals surface area contributed by atoms with Crippen molar-refractivity contribution in [3.8, 4) is 5.75 Å². The van der Waals surface area contributed by atoms with E-state index in [1.807, 2.05) is 0 Å². The molecule has 1 aromatic carbocycles. The van der Waals surface area contributed by atoms with Gasteiger partial charge in [0.1, 0.15) is 11.8 Å². The Kier molecular flexibility index (Phi) is 9.03. The zero-order valence-corrected chi connectivity index (χ0v) is 16.1. The number of hydrogen-bond donors (Lipinski definition) is 7. The van der Waals surface area contributed by atoms with Crippen molar-refractivity contribution in [2.45, 2.75) is 44.5 Å². The Morgan fingerprint density at radius 3 is 2.10 bits per heavy atom.